The Hall–Kier alpha value is -2.36. The van der Waals surface area contributed by atoms with Crippen molar-refractivity contribution in [3.63, 3.8) is 0 Å². The molecule has 0 radical (unpaired) electrons. The van der Waals surface area contributed by atoms with E-state index in [1.54, 1.807) is 12.1 Å². The second kappa shape index (κ2) is 19.0. The Morgan fingerprint density at radius 2 is 1.79 bits per heavy atom. The van der Waals surface area contributed by atoms with Crippen molar-refractivity contribution in [3.8, 4) is 5.75 Å². The number of aromatic amines is 1. The minimum Gasteiger partial charge on any atom is -0.494 e. The van der Waals surface area contributed by atoms with Gasteiger partial charge in [-0.05, 0) is 118 Å². The number of ether oxygens (including phenoxy) is 1. The molecular weight excluding hydrogens is 662 g/mol. The van der Waals surface area contributed by atoms with Crippen molar-refractivity contribution in [1.82, 2.24) is 20.0 Å². The molecule has 5 rings (SSSR count). The summed E-state index contributed by atoms with van der Waals surface area (Å²) >= 11 is 0. The predicted octanol–water partition coefficient (Wildman–Crippen LogP) is 7.98. The molecule has 2 fully saturated rings. The molecule has 2 aromatic carbocycles. The van der Waals surface area contributed by atoms with E-state index in [2.05, 4.69) is 52.0 Å². The van der Waals surface area contributed by atoms with E-state index in [1.807, 2.05) is 32.2 Å². The molecular formula is C36H52Cl3FN4O3. The van der Waals surface area contributed by atoms with Gasteiger partial charge in [0.05, 0.1) is 12.3 Å². The molecule has 2 aliphatic rings. The summed E-state index contributed by atoms with van der Waals surface area (Å²) in [4.78, 5) is 16.8. The number of hydrogen-bond acceptors (Lipinski definition) is 5. The first-order valence-corrected chi connectivity index (χ1v) is 16.4. The van der Waals surface area contributed by atoms with Crippen molar-refractivity contribution >= 4 is 43.2 Å². The van der Waals surface area contributed by atoms with E-state index >= 15 is 0 Å². The molecule has 1 saturated heterocycles. The average Bonchev–Trinajstić information content (AvgIpc) is 3.64. The van der Waals surface area contributed by atoms with E-state index < -0.39 is 12.0 Å². The van der Waals surface area contributed by atoms with Crippen molar-refractivity contribution in [2.45, 2.75) is 83.2 Å². The lowest BCUT2D eigenvalue weighted by Crippen LogP contribution is -2.45. The van der Waals surface area contributed by atoms with Crippen LogP contribution in [0.2, 0.25) is 0 Å². The molecule has 0 bridgehead atoms. The van der Waals surface area contributed by atoms with Crippen LogP contribution in [0.15, 0.2) is 54.6 Å². The number of halogens is 4. The molecule has 0 amide bonds. The van der Waals surface area contributed by atoms with Crippen molar-refractivity contribution in [2.75, 3.05) is 33.3 Å². The number of hydrogen-bond donors (Lipinski definition) is 2. The third-order valence-corrected chi connectivity index (χ3v) is 9.78. The Bertz CT molecular complexity index is 1370. The van der Waals surface area contributed by atoms with E-state index in [0.29, 0.717) is 30.8 Å². The number of rotatable bonds is 13. The lowest BCUT2D eigenvalue weighted by molar-refractivity contribution is -0.144. The SMILES string of the molecule is CCOc1ccc(Cc2cc(C3CCN(CC4CC(N(C)[C@H](CC(C)C)C(=O)O)CC4c4cccc(F)c4)CC3)[nH]n2)cc1.Cl.Cl.Cl. The minimum atomic E-state index is -0.754. The van der Waals surface area contributed by atoms with Gasteiger partial charge in [-0.15, -0.1) is 37.2 Å². The van der Waals surface area contributed by atoms with Crippen molar-refractivity contribution in [3.05, 3.63) is 82.9 Å². The zero-order valence-electron chi connectivity index (χ0n) is 27.9. The molecule has 3 aromatic rings. The predicted molar refractivity (Wildman–Crippen MR) is 193 cm³/mol. The molecule has 7 nitrogen and oxygen atoms in total. The number of aliphatic carboxylic acids is 1. The highest BCUT2D eigenvalue weighted by Crippen LogP contribution is 2.43. The Labute approximate surface area is 298 Å². The fraction of sp³-hybridized carbons (Fsp3) is 0.556. The van der Waals surface area contributed by atoms with E-state index in [-0.39, 0.29) is 55.0 Å². The fourth-order valence-corrected chi connectivity index (χ4v) is 7.44. The third kappa shape index (κ3) is 10.8. The summed E-state index contributed by atoms with van der Waals surface area (Å²) in [6, 6.07) is 17.1. The van der Waals surface area contributed by atoms with Crippen LogP contribution >= 0.6 is 37.2 Å². The number of carboxylic acid groups (broad SMARTS) is 1. The number of benzene rings is 2. The van der Waals surface area contributed by atoms with E-state index in [1.165, 1.54) is 17.3 Å². The van der Waals surface area contributed by atoms with Gasteiger partial charge in [0.25, 0.3) is 0 Å². The number of carbonyl (C=O) groups is 1. The van der Waals surface area contributed by atoms with Gasteiger partial charge in [0.1, 0.15) is 17.6 Å². The standard InChI is InChI=1S/C36H49FN4O3.3ClH/c1-5-44-32-11-9-25(10-12-32)18-30-21-34(39-38-30)26-13-15-41(16-14-26)23-28-20-31(40(4)35(36(42)43)17-24(2)3)22-33(28)27-7-6-8-29(37)19-27;;;/h6-12,19,21,24,26,28,31,33,35H,5,13-18,20,22-23H2,1-4H3,(H,38,39)(H,42,43);3*1H/t28?,31?,33?,35-;;;/m1.../s1. The quantitative estimate of drug-likeness (QED) is 0.187. The van der Waals surface area contributed by atoms with E-state index in [4.69, 9.17) is 4.74 Å². The number of nitrogens with one attached hydrogen (secondary N) is 1. The summed E-state index contributed by atoms with van der Waals surface area (Å²) in [6.45, 7) is 9.78. The highest BCUT2D eigenvalue weighted by molar-refractivity contribution is 5.86. The summed E-state index contributed by atoms with van der Waals surface area (Å²) in [5, 5.41) is 17.9. The first-order valence-electron chi connectivity index (χ1n) is 16.4. The van der Waals surface area contributed by atoms with E-state index in [9.17, 15) is 14.3 Å². The number of carboxylic acids is 1. The largest absolute Gasteiger partial charge is 0.494 e. The molecule has 47 heavy (non-hydrogen) atoms. The maximum Gasteiger partial charge on any atom is 0.320 e. The second-order valence-electron chi connectivity index (χ2n) is 13.3. The molecule has 1 aromatic heterocycles. The van der Waals surface area contributed by atoms with Crippen LogP contribution in [0.4, 0.5) is 4.39 Å². The van der Waals surface area contributed by atoms with Gasteiger partial charge in [-0.25, -0.2) is 4.39 Å². The van der Waals surface area contributed by atoms with Crippen LogP contribution in [0.3, 0.4) is 0 Å². The molecule has 0 spiro atoms. The first-order chi connectivity index (χ1) is 21.2. The van der Waals surface area contributed by atoms with Gasteiger partial charge in [-0.3, -0.25) is 14.8 Å². The molecule has 11 heteroatoms. The Balaban J connectivity index is 0.00000256. The van der Waals surface area contributed by atoms with Crippen LogP contribution in [-0.2, 0) is 11.2 Å². The summed E-state index contributed by atoms with van der Waals surface area (Å²) in [6.07, 6.45) is 5.34. The number of piperidine rings is 1. The molecule has 1 aliphatic carbocycles. The van der Waals surface area contributed by atoms with Gasteiger partial charge in [-0.2, -0.15) is 5.10 Å². The normalized spacial score (nSPS) is 20.7. The lowest BCUT2D eigenvalue weighted by atomic mass is 9.87. The highest BCUT2D eigenvalue weighted by Gasteiger charge is 2.41. The van der Waals surface area contributed by atoms with Crippen LogP contribution in [0.1, 0.15) is 87.2 Å². The third-order valence-electron chi connectivity index (χ3n) is 9.78. The van der Waals surface area contributed by atoms with Crippen LogP contribution < -0.4 is 4.74 Å². The number of likely N-dealkylation sites (tertiary alicyclic amines) is 1. The van der Waals surface area contributed by atoms with Crippen LogP contribution in [0.5, 0.6) is 5.75 Å². The van der Waals surface area contributed by atoms with Gasteiger partial charge < -0.3 is 14.7 Å². The average molecular weight is 714 g/mol. The molecule has 1 saturated carbocycles. The summed E-state index contributed by atoms with van der Waals surface area (Å²) in [7, 11) is 1.97. The smallest absolute Gasteiger partial charge is 0.320 e. The zero-order chi connectivity index (χ0) is 31.2. The van der Waals surface area contributed by atoms with Crippen LogP contribution in [0.25, 0.3) is 0 Å². The number of H-pyrrole nitrogens is 1. The Kier molecular flexibility index (Phi) is 16.5. The van der Waals surface area contributed by atoms with Gasteiger partial charge >= 0.3 is 5.97 Å². The van der Waals surface area contributed by atoms with Crippen LogP contribution in [-0.4, -0.2) is 76.4 Å². The molecule has 262 valence electrons. The summed E-state index contributed by atoms with van der Waals surface area (Å²) in [5.74, 6) is 1.25. The minimum absolute atomic E-state index is 0. The molecule has 2 N–H and O–H groups in total. The topological polar surface area (TPSA) is 81.7 Å². The van der Waals surface area contributed by atoms with Crippen molar-refractivity contribution < 1.29 is 19.0 Å². The lowest BCUT2D eigenvalue weighted by Gasteiger charge is -2.35. The first kappa shape index (κ1) is 40.8. The monoisotopic (exact) mass is 712 g/mol. The summed E-state index contributed by atoms with van der Waals surface area (Å²) in [5.41, 5.74) is 4.53. The fourth-order valence-electron chi connectivity index (χ4n) is 7.44. The van der Waals surface area contributed by atoms with Crippen LogP contribution in [0, 0.1) is 17.7 Å². The maximum absolute atomic E-state index is 14.3. The Morgan fingerprint density at radius 1 is 1.09 bits per heavy atom. The zero-order valence-corrected chi connectivity index (χ0v) is 30.4. The number of nitrogens with zero attached hydrogens (tertiary/aromatic N) is 3. The highest BCUT2D eigenvalue weighted by atomic mass is 35.5. The second-order valence-corrected chi connectivity index (χ2v) is 13.3. The molecule has 2 heterocycles. The van der Waals surface area contributed by atoms with Crippen molar-refractivity contribution in [1.29, 1.82) is 0 Å². The maximum atomic E-state index is 14.3. The van der Waals surface area contributed by atoms with Gasteiger partial charge in [-0.1, -0.05) is 38.1 Å². The number of likely N-dealkylation sites (N-methyl/N-ethyl adjacent to an activating group) is 1. The number of aromatic nitrogens is 2. The van der Waals surface area contributed by atoms with Gasteiger partial charge in [0, 0.05) is 30.6 Å². The molecule has 4 atom stereocenters. The van der Waals surface area contributed by atoms with E-state index in [0.717, 1.165) is 68.7 Å². The Morgan fingerprint density at radius 3 is 2.40 bits per heavy atom. The molecule has 3 unspecified atom stereocenters. The molecule has 1 aliphatic heterocycles. The summed E-state index contributed by atoms with van der Waals surface area (Å²) < 4.78 is 19.9. The van der Waals surface area contributed by atoms with Crippen molar-refractivity contribution in [2.24, 2.45) is 11.8 Å². The van der Waals surface area contributed by atoms with Gasteiger partial charge in [0.2, 0.25) is 0 Å². The van der Waals surface area contributed by atoms with Gasteiger partial charge in [0.15, 0.2) is 0 Å².